The molecule has 1 aromatic heterocycles. The number of hydrogen-bond donors (Lipinski definition) is 2. The number of aromatic nitrogens is 2. The molecule has 0 fully saturated rings. The van der Waals surface area contributed by atoms with Crippen LogP contribution in [0.5, 0.6) is 11.5 Å². The smallest absolute Gasteiger partial charge is 0.387 e. The number of aromatic amines is 1. The van der Waals surface area contributed by atoms with E-state index in [-0.39, 0.29) is 5.75 Å². The number of benzene rings is 1. The van der Waals surface area contributed by atoms with Crippen molar-refractivity contribution in [3.63, 3.8) is 0 Å². The number of hydrogen-bond acceptors (Lipinski definition) is 4. The van der Waals surface area contributed by atoms with Gasteiger partial charge in [0.2, 0.25) is 0 Å². The maximum absolute atomic E-state index is 9.90. The van der Waals surface area contributed by atoms with Crippen molar-refractivity contribution in [3.05, 3.63) is 30.0 Å². The second kappa shape index (κ2) is 4.29. The van der Waals surface area contributed by atoms with E-state index in [1.54, 1.807) is 31.4 Å². The first-order valence-corrected chi connectivity index (χ1v) is 5.14. The average molecular weight is 232 g/mol. The lowest BCUT2D eigenvalue weighted by molar-refractivity contribution is -0.351. The SMILES string of the molecule is COc1cccc(O)c1-c1cc(C)nc(N)[nH+]1. The van der Waals surface area contributed by atoms with Gasteiger partial charge < -0.3 is 9.84 Å². The normalized spacial score (nSPS) is 10.2. The van der Waals surface area contributed by atoms with Gasteiger partial charge in [-0.05, 0) is 19.1 Å². The van der Waals surface area contributed by atoms with Gasteiger partial charge in [0.25, 0.3) is 0 Å². The molecule has 0 saturated heterocycles. The molecule has 0 saturated carbocycles. The molecule has 4 N–H and O–H groups in total. The first-order chi connectivity index (χ1) is 8.11. The molecule has 0 aliphatic rings. The highest BCUT2D eigenvalue weighted by atomic mass is 16.5. The lowest BCUT2D eigenvalue weighted by Crippen LogP contribution is -2.16. The Morgan fingerprint density at radius 3 is 2.82 bits per heavy atom. The van der Waals surface area contributed by atoms with Crippen molar-refractivity contribution in [2.24, 2.45) is 0 Å². The number of ether oxygens (including phenoxy) is 1. The van der Waals surface area contributed by atoms with Gasteiger partial charge in [-0.15, -0.1) is 0 Å². The van der Waals surface area contributed by atoms with Crippen molar-refractivity contribution in [1.82, 2.24) is 4.98 Å². The van der Waals surface area contributed by atoms with Gasteiger partial charge in [0.1, 0.15) is 22.9 Å². The highest BCUT2D eigenvalue weighted by Gasteiger charge is 2.15. The molecule has 0 spiro atoms. The van der Waals surface area contributed by atoms with Crippen LogP contribution in [0.1, 0.15) is 5.69 Å². The van der Waals surface area contributed by atoms with Gasteiger partial charge in [-0.3, -0.25) is 5.73 Å². The summed E-state index contributed by atoms with van der Waals surface area (Å²) in [5.41, 5.74) is 7.66. The summed E-state index contributed by atoms with van der Waals surface area (Å²) in [5.74, 6) is 1.00. The van der Waals surface area contributed by atoms with Crippen molar-refractivity contribution in [3.8, 4) is 22.8 Å². The van der Waals surface area contributed by atoms with Gasteiger partial charge in [0, 0.05) is 6.07 Å². The quantitative estimate of drug-likeness (QED) is 0.814. The molecule has 1 heterocycles. The number of phenolic OH excluding ortho intramolecular Hbond substituents is 1. The lowest BCUT2D eigenvalue weighted by atomic mass is 10.1. The van der Waals surface area contributed by atoms with Crippen LogP contribution in [0.2, 0.25) is 0 Å². The summed E-state index contributed by atoms with van der Waals surface area (Å²) < 4.78 is 5.22. The van der Waals surface area contributed by atoms with Crippen LogP contribution in [0.25, 0.3) is 11.3 Å². The monoisotopic (exact) mass is 232 g/mol. The number of phenols is 1. The third kappa shape index (κ3) is 2.13. The fourth-order valence-electron chi connectivity index (χ4n) is 1.73. The van der Waals surface area contributed by atoms with Crippen LogP contribution in [-0.2, 0) is 0 Å². The number of nitrogen functional groups attached to an aromatic ring is 1. The molecule has 0 bridgehead atoms. The van der Waals surface area contributed by atoms with E-state index < -0.39 is 0 Å². The molecular weight excluding hydrogens is 218 g/mol. The van der Waals surface area contributed by atoms with Crippen molar-refractivity contribution >= 4 is 5.95 Å². The van der Waals surface area contributed by atoms with Crippen LogP contribution in [-0.4, -0.2) is 17.2 Å². The Balaban J connectivity index is 2.67. The molecule has 0 unspecified atom stereocenters. The van der Waals surface area contributed by atoms with E-state index in [1.165, 1.54) is 0 Å². The van der Waals surface area contributed by atoms with Crippen LogP contribution in [0.4, 0.5) is 5.95 Å². The van der Waals surface area contributed by atoms with Crippen molar-refractivity contribution < 1.29 is 14.8 Å². The maximum Gasteiger partial charge on any atom is 0.387 e. The number of H-pyrrole nitrogens is 1. The molecule has 0 amide bonds. The lowest BCUT2D eigenvalue weighted by Gasteiger charge is -2.08. The second-order valence-corrected chi connectivity index (χ2v) is 3.68. The standard InChI is InChI=1S/C12H13N3O2/c1-7-6-8(15-12(13)14-7)11-9(16)4-3-5-10(11)17-2/h3-6,16H,1-2H3,(H2,13,14,15)/p+1. The van der Waals surface area contributed by atoms with Gasteiger partial charge in [-0.1, -0.05) is 11.1 Å². The van der Waals surface area contributed by atoms with E-state index in [0.29, 0.717) is 23.0 Å². The number of aryl methyl sites for hydroxylation is 1. The molecule has 5 heteroatoms. The van der Waals surface area contributed by atoms with E-state index in [0.717, 1.165) is 5.69 Å². The summed E-state index contributed by atoms with van der Waals surface area (Å²) in [6, 6.07) is 6.88. The number of nitrogens with two attached hydrogens (primary N) is 1. The van der Waals surface area contributed by atoms with E-state index in [9.17, 15) is 5.11 Å². The Bertz CT molecular complexity index is 535. The van der Waals surface area contributed by atoms with Crippen LogP contribution < -0.4 is 15.5 Å². The molecule has 0 atom stereocenters. The predicted molar refractivity (Wildman–Crippen MR) is 63.6 cm³/mol. The Morgan fingerprint density at radius 2 is 2.18 bits per heavy atom. The van der Waals surface area contributed by atoms with Gasteiger partial charge in [0.05, 0.1) is 12.7 Å². The average Bonchev–Trinajstić information content (AvgIpc) is 2.27. The predicted octanol–water partition coefficient (Wildman–Crippen LogP) is 1.17. The molecule has 0 radical (unpaired) electrons. The zero-order valence-corrected chi connectivity index (χ0v) is 9.69. The Hall–Kier alpha value is -2.30. The molecule has 0 aliphatic carbocycles. The second-order valence-electron chi connectivity index (χ2n) is 3.68. The van der Waals surface area contributed by atoms with E-state index >= 15 is 0 Å². The zero-order chi connectivity index (χ0) is 12.4. The molecule has 0 aliphatic heterocycles. The minimum Gasteiger partial charge on any atom is -0.507 e. The fraction of sp³-hybridized carbons (Fsp3) is 0.167. The minimum atomic E-state index is 0.130. The third-order valence-corrected chi connectivity index (χ3v) is 2.41. The van der Waals surface area contributed by atoms with Gasteiger partial charge in [-0.2, -0.15) is 0 Å². The molecule has 17 heavy (non-hydrogen) atoms. The largest absolute Gasteiger partial charge is 0.507 e. The molecular formula is C12H14N3O2+. The van der Waals surface area contributed by atoms with Crippen LogP contribution in [0, 0.1) is 6.92 Å². The van der Waals surface area contributed by atoms with Crippen LogP contribution in [0.3, 0.4) is 0 Å². The van der Waals surface area contributed by atoms with Gasteiger partial charge >= 0.3 is 5.95 Å². The molecule has 88 valence electrons. The van der Waals surface area contributed by atoms with Crippen molar-refractivity contribution in [2.75, 3.05) is 12.8 Å². The van der Waals surface area contributed by atoms with Crippen LogP contribution in [0.15, 0.2) is 24.3 Å². The highest BCUT2D eigenvalue weighted by Crippen LogP contribution is 2.35. The Kier molecular flexibility index (Phi) is 2.82. The van der Waals surface area contributed by atoms with E-state index in [4.69, 9.17) is 10.5 Å². The molecule has 5 nitrogen and oxygen atoms in total. The maximum atomic E-state index is 9.90. The third-order valence-electron chi connectivity index (χ3n) is 2.41. The van der Waals surface area contributed by atoms with E-state index in [2.05, 4.69) is 9.97 Å². The number of nitrogens with one attached hydrogen (secondary N) is 1. The summed E-state index contributed by atoms with van der Waals surface area (Å²) in [6.07, 6.45) is 0. The minimum absolute atomic E-state index is 0.130. The number of anilines is 1. The summed E-state index contributed by atoms with van der Waals surface area (Å²) >= 11 is 0. The fourth-order valence-corrected chi connectivity index (χ4v) is 1.73. The van der Waals surface area contributed by atoms with Gasteiger partial charge in [-0.25, -0.2) is 4.98 Å². The Labute approximate surface area is 98.9 Å². The summed E-state index contributed by atoms with van der Waals surface area (Å²) in [6.45, 7) is 1.83. The summed E-state index contributed by atoms with van der Waals surface area (Å²) in [7, 11) is 1.55. The first kappa shape index (κ1) is 11.2. The summed E-state index contributed by atoms with van der Waals surface area (Å²) in [4.78, 5) is 6.95. The number of nitrogens with zero attached hydrogens (tertiary/aromatic N) is 1. The molecule has 1 aromatic carbocycles. The number of rotatable bonds is 2. The van der Waals surface area contributed by atoms with Gasteiger partial charge in [0.15, 0.2) is 0 Å². The topological polar surface area (TPSA) is 82.5 Å². The van der Waals surface area contributed by atoms with E-state index in [1.807, 2.05) is 6.92 Å². The van der Waals surface area contributed by atoms with Crippen molar-refractivity contribution in [2.45, 2.75) is 6.92 Å². The highest BCUT2D eigenvalue weighted by molar-refractivity contribution is 5.72. The summed E-state index contributed by atoms with van der Waals surface area (Å²) in [5, 5.41) is 9.90. The molecule has 2 aromatic rings. The number of methoxy groups -OCH3 is 1. The zero-order valence-electron chi connectivity index (χ0n) is 9.69. The number of aromatic hydroxyl groups is 1. The first-order valence-electron chi connectivity index (χ1n) is 5.14. The van der Waals surface area contributed by atoms with Crippen LogP contribution >= 0.6 is 0 Å². The van der Waals surface area contributed by atoms with Crippen molar-refractivity contribution in [1.29, 1.82) is 0 Å². The Morgan fingerprint density at radius 1 is 1.41 bits per heavy atom. The molecule has 2 rings (SSSR count).